The molecule has 2 aromatic heterocycles. The molecule has 0 saturated heterocycles. The van der Waals surface area contributed by atoms with Crippen molar-refractivity contribution in [1.82, 2.24) is 9.97 Å². The van der Waals surface area contributed by atoms with E-state index in [1.807, 2.05) is 6.07 Å². The van der Waals surface area contributed by atoms with Crippen molar-refractivity contribution in [2.75, 3.05) is 6.54 Å². The lowest BCUT2D eigenvalue weighted by Crippen LogP contribution is -1.99. The predicted octanol–water partition coefficient (Wildman–Crippen LogP) is 3.73. The Hall–Kier alpha value is -0.550. The lowest BCUT2D eigenvalue weighted by Gasteiger charge is -1.96. The highest BCUT2D eigenvalue weighted by atomic mass is 35.5. The number of thiophene rings is 1. The normalized spacial score (nSPS) is 11.0. The Kier molecular flexibility index (Phi) is 4.45. The van der Waals surface area contributed by atoms with Gasteiger partial charge < -0.3 is 10.7 Å². The van der Waals surface area contributed by atoms with E-state index >= 15 is 0 Å². The van der Waals surface area contributed by atoms with Crippen molar-refractivity contribution in [1.29, 1.82) is 0 Å². The maximum atomic E-state index is 6.09. The molecule has 0 aliphatic heterocycles. The van der Waals surface area contributed by atoms with Gasteiger partial charge in [-0.3, -0.25) is 0 Å². The van der Waals surface area contributed by atoms with Gasteiger partial charge in [-0.25, -0.2) is 4.98 Å². The topological polar surface area (TPSA) is 54.7 Å². The highest BCUT2D eigenvalue weighted by molar-refractivity contribution is 7.20. The Morgan fingerprint density at radius 2 is 2.18 bits per heavy atom. The highest BCUT2D eigenvalue weighted by Crippen LogP contribution is 2.37. The summed E-state index contributed by atoms with van der Waals surface area (Å²) in [6.45, 7) is 0.722. The van der Waals surface area contributed by atoms with Crippen LogP contribution in [0.2, 0.25) is 8.67 Å². The molecule has 92 valence electrons. The first-order valence-corrected chi connectivity index (χ1v) is 6.97. The zero-order valence-electron chi connectivity index (χ0n) is 9.17. The fraction of sp³-hybridized carbons (Fsp3) is 0.364. The second-order valence-electron chi connectivity index (χ2n) is 3.73. The van der Waals surface area contributed by atoms with Gasteiger partial charge in [0.25, 0.3) is 0 Å². The zero-order chi connectivity index (χ0) is 12.3. The predicted molar refractivity (Wildman–Crippen MR) is 73.9 cm³/mol. The molecule has 0 spiro atoms. The van der Waals surface area contributed by atoms with Gasteiger partial charge in [-0.2, -0.15) is 0 Å². The third-order valence-corrected chi connectivity index (χ3v) is 3.93. The van der Waals surface area contributed by atoms with Gasteiger partial charge in [-0.15, -0.1) is 11.3 Å². The number of nitrogens with one attached hydrogen (secondary N) is 1. The number of aromatic nitrogens is 2. The summed E-state index contributed by atoms with van der Waals surface area (Å²) < 4.78 is 1.37. The van der Waals surface area contributed by atoms with Gasteiger partial charge in [0.15, 0.2) is 0 Å². The quantitative estimate of drug-likeness (QED) is 0.824. The number of imidazole rings is 1. The molecule has 0 radical (unpaired) electrons. The minimum Gasteiger partial charge on any atom is -0.342 e. The van der Waals surface area contributed by atoms with Gasteiger partial charge in [0.1, 0.15) is 10.2 Å². The minimum absolute atomic E-state index is 0.685. The van der Waals surface area contributed by atoms with Crippen LogP contribution in [0.1, 0.15) is 18.7 Å². The first kappa shape index (κ1) is 12.9. The van der Waals surface area contributed by atoms with E-state index in [-0.39, 0.29) is 0 Å². The average Bonchev–Trinajstić information content (AvgIpc) is 2.86. The van der Waals surface area contributed by atoms with Crippen LogP contribution in [0.5, 0.6) is 0 Å². The second-order valence-corrected chi connectivity index (χ2v) is 6.01. The van der Waals surface area contributed by atoms with Crippen LogP contribution >= 0.6 is 34.5 Å². The van der Waals surface area contributed by atoms with Crippen molar-refractivity contribution in [2.45, 2.75) is 19.3 Å². The lowest BCUT2D eigenvalue weighted by molar-refractivity contribution is 0.723. The lowest BCUT2D eigenvalue weighted by atomic mass is 10.2. The monoisotopic (exact) mass is 289 g/mol. The molecule has 0 aliphatic rings. The van der Waals surface area contributed by atoms with Gasteiger partial charge in [-0.1, -0.05) is 23.2 Å². The molecule has 0 aromatic carbocycles. The number of nitrogens with two attached hydrogens (primary N) is 1. The van der Waals surface area contributed by atoms with Crippen molar-refractivity contribution in [2.24, 2.45) is 5.73 Å². The van der Waals surface area contributed by atoms with Crippen molar-refractivity contribution in [3.8, 4) is 11.3 Å². The van der Waals surface area contributed by atoms with Gasteiger partial charge in [0.05, 0.1) is 16.2 Å². The molecule has 2 rings (SSSR count). The highest BCUT2D eigenvalue weighted by Gasteiger charge is 2.10. The van der Waals surface area contributed by atoms with Crippen molar-refractivity contribution >= 4 is 34.5 Å². The average molecular weight is 290 g/mol. The Morgan fingerprint density at radius 3 is 2.82 bits per heavy atom. The molecule has 17 heavy (non-hydrogen) atoms. The Labute approximate surface area is 114 Å². The van der Waals surface area contributed by atoms with E-state index in [0.717, 1.165) is 42.9 Å². The summed E-state index contributed by atoms with van der Waals surface area (Å²) in [5, 5.41) is 0. The summed E-state index contributed by atoms with van der Waals surface area (Å²) in [5.41, 5.74) is 7.28. The summed E-state index contributed by atoms with van der Waals surface area (Å²) in [6, 6.07) is 1.85. The number of rotatable bonds is 5. The van der Waals surface area contributed by atoms with Gasteiger partial charge in [0, 0.05) is 12.0 Å². The number of unbranched alkanes of at least 4 members (excludes halogenated alkanes) is 1. The van der Waals surface area contributed by atoms with Crippen molar-refractivity contribution in [3.63, 3.8) is 0 Å². The molecule has 6 heteroatoms. The second kappa shape index (κ2) is 5.87. The SMILES string of the molecule is NCCCCc1ncc(-c2cc(Cl)sc2Cl)[nH]1. The van der Waals surface area contributed by atoms with E-state index in [4.69, 9.17) is 28.9 Å². The third-order valence-electron chi connectivity index (χ3n) is 2.44. The largest absolute Gasteiger partial charge is 0.342 e. The third kappa shape index (κ3) is 3.22. The fourth-order valence-corrected chi connectivity index (χ4v) is 3.08. The van der Waals surface area contributed by atoms with E-state index in [1.54, 1.807) is 6.20 Å². The summed E-state index contributed by atoms with van der Waals surface area (Å²) in [4.78, 5) is 7.58. The molecule has 0 aliphatic carbocycles. The van der Waals surface area contributed by atoms with E-state index in [1.165, 1.54) is 11.3 Å². The molecular formula is C11H13Cl2N3S. The van der Waals surface area contributed by atoms with Crippen molar-refractivity contribution in [3.05, 3.63) is 26.8 Å². The minimum atomic E-state index is 0.685. The summed E-state index contributed by atoms with van der Waals surface area (Å²) in [6.07, 6.45) is 4.76. The molecule has 0 fully saturated rings. The first-order valence-electron chi connectivity index (χ1n) is 5.40. The molecule has 0 saturated carbocycles. The summed E-state index contributed by atoms with van der Waals surface area (Å²) in [5.74, 6) is 0.965. The van der Waals surface area contributed by atoms with E-state index in [0.29, 0.717) is 8.67 Å². The summed E-state index contributed by atoms with van der Waals surface area (Å²) >= 11 is 13.4. The Morgan fingerprint density at radius 1 is 1.35 bits per heavy atom. The summed E-state index contributed by atoms with van der Waals surface area (Å²) in [7, 11) is 0. The zero-order valence-corrected chi connectivity index (χ0v) is 11.5. The van der Waals surface area contributed by atoms with Crippen LogP contribution in [0.3, 0.4) is 0 Å². The number of H-pyrrole nitrogens is 1. The van der Waals surface area contributed by atoms with Crippen molar-refractivity contribution < 1.29 is 0 Å². The number of aryl methyl sites for hydroxylation is 1. The molecule has 0 bridgehead atoms. The maximum absolute atomic E-state index is 6.09. The van der Waals surface area contributed by atoms with Crippen LogP contribution in [-0.4, -0.2) is 16.5 Å². The van der Waals surface area contributed by atoms with Gasteiger partial charge >= 0.3 is 0 Å². The Bertz CT molecular complexity index is 493. The number of nitrogens with zero attached hydrogens (tertiary/aromatic N) is 1. The van der Waals surface area contributed by atoms with Crippen LogP contribution in [-0.2, 0) is 6.42 Å². The molecule has 0 atom stereocenters. The molecule has 3 nitrogen and oxygen atoms in total. The van der Waals surface area contributed by atoms with Crippen LogP contribution in [0.4, 0.5) is 0 Å². The van der Waals surface area contributed by atoms with E-state index in [2.05, 4.69) is 9.97 Å². The molecule has 2 aromatic rings. The Balaban J connectivity index is 2.10. The number of halogens is 2. The molecule has 0 amide bonds. The van der Waals surface area contributed by atoms with Crippen LogP contribution in [0.25, 0.3) is 11.3 Å². The van der Waals surface area contributed by atoms with Crippen LogP contribution in [0.15, 0.2) is 12.3 Å². The standard InChI is InChI=1S/C11H13Cl2N3S/c12-9-5-7(11(13)17-9)8-6-15-10(16-8)3-1-2-4-14/h5-6H,1-4,14H2,(H,15,16). The smallest absolute Gasteiger partial charge is 0.106 e. The van der Waals surface area contributed by atoms with Gasteiger partial charge in [-0.05, 0) is 25.5 Å². The molecular weight excluding hydrogens is 277 g/mol. The molecule has 2 heterocycles. The van der Waals surface area contributed by atoms with E-state index in [9.17, 15) is 0 Å². The van der Waals surface area contributed by atoms with Gasteiger partial charge in [0.2, 0.25) is 0 Å². The first-order chi connectivity index (χ1) is 8.20. The molecule has 3 N–H and O–H groups in total. The maximum Gasteiger partial charge on any atom is 0.106 e. The van der Waals surface area contributed by atoms with Crippen LogP contribution < -0.4 is 5.73 Å². The fourth-order valence-electron chi connectivity index (χ4n) is 1.59. The van der Waals surface area contributed by atoms with E-state index < -0.39 is 0 Å². The number of hydrogen-bond acceptors (Lipinski definition) is 3. The number of aromatic amines is 1. The van der Waals surface area contributed by atoms with Crippen LogP contribution in [0, 0.1) is 0 Å². The molecule has 0 unspecified atom stereocenters. The number of hydrogen-bond donors (Lipinski definition) is 2.